The summed E-state index contributed by atoms with van der Waals surface area (Å²) in [4.78, 5) is 7.32. The molecule has 4 nitrogen and oxygen atoms in total. The number of piperidine rings is 1. The van der Waals surface area contributed by atoms with Crippen molar-refractivity contribution < 1.29 is 8.42 Å². The normalized spacial score (nSPS) is 18.0. The number of fused-ring (bicyclic) bond motifs is 1. The average molecular weight is 381 g/mol. The molecular formula is C22H24N2O2S. The van der Waals surface area contributed by atoms with E-state index in [1.54, 1.807) is 12.1 Å². The second-order valence-electron chi connectivity index (χ2n) is 7.50. The Morgan fingerprint density at radius 1 is 1.07 bits per heavy atom. The fourth-order valence-electron chi connectivity index (χ4n) is 3.87. The van der Waals surface area contributed by atoms with Crippen LogP contribution in [0.15, 0.2) is 64.5 Å². The SMILES string of the molecule is Cc1ccc(S(=O)(=O)c2cnc3ccccc3c2N2CCC[C@H](C)C2)cc1. The molecule has 2 aromatic carbocycles. The van der Waals surface area contributed by atoms with Crippen molar-refractivity contribution in [2.45, 2.75) is 36.5 Å². The third-order valence-electron chi connectivity index (χ3n) is 5.31. The zero-order chi connectivity index (χ0) is 19.0. The molecule has 1 atom stereocenters. The quantitative estimate of drug-likeness (QED) is 0.666. The molecule has 3 aromatic rings. The first kappa shape index (κ1) is 18.0. The maximum atomic E-state index is 13.5. The highest BCUT2D eigenvalue weighted by atomic mass is 32.2. The van der Waals surface area contributed by atoms with Crippen LogP contribution in [0.3, 0.4) is 0 Å². The molecule has 0 radical (unpaired) electrons. The molecule has 1 aliphatic heterocycles. The summed E-state index contributed by atoms with van der Waals surface area (Å²) in [5.41, 5.74) is 2.66. The van der Waals surface area contributed by atoms with Gasteiger partial charge in [0.2, 0.25) is 9.84 Å². The Kier molecular flexibility index (Phi) is 4.64. The molecule has 1 aromatic heterocycles. The van der Waals surface area contributed by atoms with Crippen molar-refractivity contribution in [1.82, 2.24) is 4.98 Å². The standard InChI is InChI=1S/C22H24N2O2S/c1-16-9-11-18(12-10-16)27(25,26)21-14-23-20-8-4-3-7-19(20)22(21)24-13-5-6-17(2)15-24/h3-4,7-12,14,17H,5-6,13,15H2,1-2H3/t17-/m0/s1. The van der Waals surface area contributed by atoms with Crippen LogP contribution in [0.25, 0.3) is 10.9 Å². The number of rotatable bonds is 3. The first-order valence-electron chi connectivity index (χ1n) is 9.41. The zero-order valence-corrected chi connectivity index (χ0v) is 16.5. The van der Waals surface area contributed by atoms with E-state index in [4.69, 9.17) is 0 Å². The molecule has 0 bridgehead atoms. The summed E-state index contributed by atoms with van der Waals surface area (Å²) in [7, 11) is -3.65. The number of aryl methyl sites for hydroxylation is 1. The van der Waals surface area contributed by atoms with E-state index < -0.39 is 9.84 Å². The van der Waals surface area contributed by atoms with Crippen molar-refractivity contribution in [2.24, 2.45) is 5.92 Å². The molecule has 0 saturated carbocycles. The van der Waals surface area contributed by atoms with Gasteiger partial charge in [-0.25, -0.2) is 8.42 Å². The van der Waals surface area contributed by atoms with E-state index in [-0.39, 0.29) is 0 Å². The zero-order valence-electron chi connectivity index (χ0n) is 15.7. The Bertz CT molecular complexity index is 1080. The monoisotopic (exact) mass is 380 g/mol. The van der Waals surface area contributed by atoms with E-state index in [1.807, 2.05) is 43.3 Å². The molecule has 1 fully saturated rings. The summed E-state index contributed by atoms with van der Waals surface area (Å²) >= 11 is 0. The first-order valence-corrected chi connectivity index (χ1v) is 10.9. The number of para-hydroxylation sites is 1. The Morgan fingerprint density at radius 2 is 1.81 bits per heavy atom. The lowest BCUT2D eigenvalue weighted by Crippen LogP contribution is -2.35. The number of hydrogen-bond acceptors (Lipinski definition) is 4. The molecule has 27 heavy (non-hydrogen) atoms. The van der Waals surface area contributed by atoms with Gasteiger partial charge in [-0.1, -0.05) is 42.8 Å². The van der Waals surface area contributed by atoms with Gasteiger partial charge in [0.05, 0.1) is 16.1 Å². The number of anilines is 1. The largest absolute Gasteiger partial charge is 0.370 e. The molecule has 2 heterocycles. The second-order valence-corrected chi connectivity index (χ2v) is 9.42. The summed E-state index contributed by atoms with van der Waals surface area (Å²) in [6.07, 6.45) is 3.79. The number of hydrogen-bond donors (Lipinski definition) is 0. The minimum absolute atomic E-state index is 0.305. The van der Waals surface area contributed by atoms with Gasteiger partial charge in [0.15, 0.2) is 0 Å². The van der Waals surface area contributed by atoms with Crippen molar-refractivity contribution in [2.75, 3.05) is 18.0 Å². The fraction of sp³-hybridized carbons (Fsp3) is 0.318. The van der Waals surface area contributed by atoms with Crippen LogP contribution < -0.4 is 4.90 Å². The van der Waals surface area contributed by atoms with Gasteiger partial charge in [-0.3, -0.25) is 4.98 Å². The highest BCUT2D eigenvalue weighted by Gasteiger charge is 2.28. The van der Waals surface area contributed by atoms with Crippen LogP contribution in [0.5, 0.6) is 0 Å². The lowest BCUT2D eigenvalue weighted by Gasteiger charge is -2.34. The van der Waals surface area contributed by atoms with Gasteiger partial charge >= 0.3 is 0 Å². The van der Waals surface area contributed by atoms with E-state index in [0.29, 0.717) is 15.7 Å². The van der Waals surface area contributed by atoms with E-state index >= 15 is 0 Å². The summed E-state index contributed by atoms with van der Waals surface area (Å²) in [5, 5.41) is 0.903. The minimum atomic E-state index is -3.65. The smallest absolute Gasteiger partial charge is 0.210 e. The molecule has 0 aliphatic carbocycles. The van der Waals surface area contributed by atoms with Gasteiger partial charge in [0.1, 0.15) is 4.90 Å². The van der Waals surface area contributed by atoms with Crippen LogP contribution in [0.4, 0.5) is 5.69 Å². The second kappa shape index (κ2) is 6.97. The van der Waals surface area contributed by atoms with Gasteiger partial charge in [0.25, 0.3) is 0 Å². The lowest BCUT2D eigenvalue weighted by atomic mass is 9.99. The van der Waals surface area contributed by atoms with Crippen molar-refractivity contribution in [1.29, 1.82) is 0 Å². The van der Waals surface area contributed by atoms with Crippen LogP contribution in [0.2, 0.25) is 0 Å². The summed E-state index contributed by atoms with van der Waals surface area (Å²) in [5.74, 6) is 0.542. The van der Waals surface area contributed by atoms with E-state index in [2.05, 4.69) is 16.8 Å². The molecule has 5 heteroatoms. The summed E-state index contributed by atoms with van der Waals surface area (Å²) in [6, 6.07) is 14.8. The number of aromatic nitrogens is 1. The molecule has 1 saturated heterocycles. The van der Waals surface area contributed by atoms with Crippen LogP contribution >= 0.6 is 0 Å². The van der Waals surface area contributed by atoms with Crippen LogP contribution in [0, 0.1) is 12.8 Å². The lowest BCUT2D eigenvalue weighted by molar-refractivity contribution is 0.446. The molecule has 1 aliphatic rings. The minimum Gasteiger partial charge on any atom is -0.370 e. The number of sulfone groups is 1. The van der Waals surface area contributed by atoms with Crippen molar-refractivity contribution in [3.05, 3.63) is 60.3 Å². The molecule has 0 amide bonds. The van der Waals surface area contributed by atoms with E-state index in [0.717, 1.165) is 41.7 Å². The van der Waals surface area contributed by atoms with Crippen molar-refractivity contribution >= 4 is 26.4 Å². The maximum Gasteiger partial charge on any atom is 0.210 e. The molecule has 0 N–H and O–H groups in total. The highest BCUT2D eigenvalue weighted by Crippen LogP contribution is 2.37. The molecular weight excluding hydrogens is 356 g/mol. The highest BCUT2D eigenvalue weighted by molar-refractivity contribution is 7.91. The Morgan fingerprint density at radius 3 is 2.56 bits per heavy atom. The van der Waals surface area contributed by atoms with Crippen molar-refractivity contribution in [3.63, 3.8) is 0 Å². The predicted octanol–water partition coefficient (Wildman–Crippen LogP) is 4.61. The molecule has 4 rings (SSSR count). The Balaban J connectivity index is 1.95. The number of pyridine rings is 1. The van der Waals surface area contributed by atoms with Gasteiger partial charge in [-0.05, 0) is 43.9 Å². The topological polar surface area (TPSA) is 50.3 Å². The molecule has 0 spiro atoms. The third-order valence-corrected chi connectivity index (χ3v) is 7.08. The van der Waals surface area contributed by atoms with Gasteiger partial charge < -0.3 is 4.90 Å². The van der Waals surface area contributed by atoms with Crippen LogP contribution in [-0.4, -0.2) is 26.5 Å². The number of benzene rings is 2. The fourth-order valence-corrected chi connectivity index (χ4v) is 5.30. The average Bonchev–Trinajstić information content (AvgIpc) is 2.67. The first-order chi connectivity index (χ1) is 13.0. The molecule has 0 unspecified atom stereocenters. The van der Waals surface area contributed by atoms with Gasteiger partial charge in [-0.2, -0.15) is 0 Å². The number of nitrogens with zero attached hydrogens (tertiary/aromatic N) is 2. The summed E-state index contributed by atoms with van der Waals surface area (Å²) < 4.78 is 26.9. The van der Waals surface area contributed by atoms with E-state index in [9.17, 15) is 8.42 Å². The van der Waals surface area contributed by atoms with Crippen molar-refractivity contribution in [3.8, 4) is 0 Å². The Hall–Kier alpha value is -2.40. The summed E-state index contributed by atoms with van der Waals surface area (Å²) in [6.45, 7) is 5.91. The Labute approximate surface area is 160 Å². The predicted molar refractivity (Wildman–Crippen MR) is 109 cm³/mol. The van der Waals surface area contributed by atoms with Crippen LogP contribution in [-0.2, 0) is 9.84 Å². The molecule has 140 valence electrons. The third kappa shape index (κ3) is 3.32. The van der Waals surface area contributed by atoms with Gasteiger partial charge in [-0.15, -0.1) is 0 Å². The van der Waals surface area contributed by atoms with Crippen LogP contribution in [0.1, 0.15) is 25.3 Å². The van der Waals surface area contributed by atoms with E-state index in [1.165, 1.54) is 12.6 Å². The van der Waals surface area contributed by atoms with Gasteiger partial charge in [0, 0.05) is 24.7 Å². The maximum absolute atomic E-state index is 13.5.